The van der Waals surface area contributed by atoms with Crippen LogP contribution in [0.2, 0.25) is 5.02 Å². The van der Waals surface area contributed by atoms with E-state index in [4.69, 9.17) is 21.6 Å². The number of hydrogen-bond donors (Lipinski definition) is 0. The van der Waals surface area contributed by atoms with Crippen LogP contribution in [0.1, 0.15) is 21.5 Å². The van der Waals surface area contributed by atoms with Gasteiger partial charge in [0.15, 0.2) is 9.84 Å². The van der Waals surface area contributed by atoms with E-state index in [1.807, 2.05) is 6.07 Å². The van der Waals surface area contributed by atoms with E-state index < -0.39 is 15.8 Å². The first-order chi connectivity index (χ1) is 10.8. The second-order valence-electron chi connectivity index (χ2n) is 4.81. The third-order valence-corrected chi connectivity index (χ3v) is 4.57. The Labute approximate surface area is 139 Å². The summed E-state index contributed by atoms with van der Waals surface area (Å²) < 4.78 is 28.4. The van der Waals surface area contributed by atoms with Crippen molar-refractivity contribution >= 4 is 27.4 Å². The molecule has 0 bridgehead atoms. The van der Waals surface area contributed by atoms with Gasteiger partial charge in [-0.1, -0.05) is 23.7 Å². The summed E-state index contributed by atoms with van der Waals surface area (Å²) in [6.45, 7) is -0.0226. The van der Waals surface area contributed by atoms with Crippen LogP contribution in [0.4, 0.5) is 0 Å². The summed E-state index contributed by atoms with van der Waals surface area (Å²) in [5.74, 6) is -0.672. The topological polar surface area (TPSA) is 84.2 Å². The zero-order valence-electron chi connectivity index (χ0n) is 12.1. The molecule has 2 aromatic carbocycles. The van der Waals surface area contributed by atoms with E-state index in [9.17, 15) is 13.2 Å². The van der Waals surface area contributed by atoms with E-state index in [1.165, 1.54) is 18.2 Å². The molecule has 7 heteroatoms. The molecular weight excluding hydrogens is 338 g/mol. The van der Waals surface area contributed by atoms with E-state index in [0.29, 0.717) is 11.1 Å². The largest absolute Gasteiger partial charge is 0.457 e. The molecule has 0 N–H and O–H groups in total. The Kier molecular flexibility index (Phi) is 5.04. The zero-order valence-corrected chi connectivity index (χ0v) is 13.7. The van der Waals surface area contributed by atoms with Gasteiger partial charge in [-0.05, 0) is 35.9 Å². The molecule has 0 aromatic heterocycles. The van der Waals surface area contributed by atoms with E-state index in [0.717, 1.165) is 6.26 Å². The minimum Gasteiger partial charge on any atom is -0.457 e. The van der Waals surface area contributed by atoms with Crippen LogP contribution in [-0.2, 0) is 21.2 Å². The first-order valence-electron chi connectivity index (χ1n) is 6.47. The van der Waals surface area contributed by atoms with Crippen molar-refractivity contribution in [3.05, 3.63) is 64.2 Å². The van der Waals surface area contributed by atoms with Crippen LogP contribution in [0.25, 0.3) is 0 Å². The molecule has 0 atom stereocenters. The molecule has 0 aliphatic carbocycles. The van der Waals surface area contributed by atoms with Crippen molar-refractivity contribution in [3.63, 3.8) is 0 Å². The first kappa shape index (κ1) is 17.0. The predicted octanol–water partition coefficient (Wildman–Crippen LogP) is 2.97. The first-order valence-corrected chi connectivity index (χ1v) is 8.74. The second-order valence-corrected chi connectivity index (χ2v) is 7.20. The van der Waals surface area contributed by atoms with Crippen LogP contribution >= 0.6 is 11.6 Å². The lowest BCUT2D eigenvalue weighted by Gasteiger charge is -2.07. The van der Waals surface area contributed by atoms with Crippen LogP contribution in [-0.4, -0.2) is 20.6 Å². The van der Waals surface area contributed by atoms with Crippen LogP contribution < -0.4 is 0 Å². The summed E-state index contributed by atoms with van der Waals surface area (Å²) in [6, 6.07) is 12.6. The molecule has 118 valence electrons. The van der Waals surface area contributed by atoms with Gasteiger partial charge in [0.1, 0.15) is 6.61 Å². The van der Waals surface area contributed by atoms with Crippen LogP contribution in [0.3, 0.4) is 0 Å². The third kappa shape index (κ3) is 4.31. The number of carbonyl (C=O) groups excluding carboxylic acids is 1. The van der Waals surface area contributed by atoms with Gasteiger partial charge in [0.05, 0.1) is 27.1 Å². The molecule has 23 heavy (non-hydrogen) atoms. The number of carbonyl (C=O) groups is 1. The van der Waals surface area contributed by atoms with Gasteiger partial charge in [0, 0.05) is 6.26 Å². The standard InChI is InChI=1S/C16H12ClNO4S/c1-23(20,21)15-8-13(5-6-14(15)17)16(19)22-10-12-4-2-3-11(7-12)9-18/h2-8H,10H2,1H3. The fourth-order valence-electron chi connectivity index (χ4n) is 1.88. The van der Waals surface area contributed by atoms with Crippen molar-refractivity contribution in [1.29, 1.82) is 5.26 Å². The van der Waals surface area contributed by atoms with Crippen LogP contribution in [0.5, 0.6) is 0 Å². The monoisotopic (exact) mass is 349 g/mol. The molecule has 2 rings (SSSR count). The van der Waals surface area contributed by atoms with Gasteiger partial charge in [0.25, 0.3) is 0 Å². The van der Waals surface area contributed by atoms with Crippen molar-refractivity contribution in [2.75, 3.05) is 6.26 Å². The quantitative estimate of drug-likeness (QED) is 0.792. The Hall–Kier alpha value is -2.36. The lowest BCUT2D eigenvalue weighted by atomic mass is 10.1. The lowest BCUT2D eigenvalue weighted by molar-refractivity contribution is 0.0472. The highest BCUT2D eigenvalue weighted by Crippen LogP contribution is 2.23. The Balaban J connectivity index is 2.17. The molecule has 0 radical (unpaired) electrons. The van der Waals surface area contributed by atoms with Crippen molar-refractivity contribution in [2.24, 2.45) is 0 Å². The molecule has 0 aliphatic rings. The molecule has 0 saturated carbocycles. The van der Waals surface area contributed by atoms with E-state index in [1.54, 1.807) is 24.3 Å². The summed E-state index contributed by atoms with van der Waals surface area (Å²) >= 11 is 5.83. The molecular formula is C16H12ClNO4S. The highest BCUT2D eigenvalue weighted by atomic mass is 35.5. The van der Waals surface area contributed by atoms with E-state index in [-0.39, 0.29) is 22.1 Å². The van der Waals surface area contributed by atoms with Gasteiger partial charge in [-0.25, -0.2) is 13.2 Å². The van der Waals surface area contributed by atoms with Crippen molar-refractivity contribution in [3.8, 4) is 6.07 Å². The molecule has 0 aliphatic heterocycles. The average Bonchev–Trinajstić information content (AvgIpc) is 2.52. The molecule has 2 aromatic rings. The predicted molar refractivity (Wildman–Crippen MR) is 84.8 cm³/mol. The summed E-state index contributed by atoms with van der Waals surface area (Å²) in [6.07, 6.45) is 1.01. The van der Waals surface area contributed by atoms with Crippen LogP contribution in [0, 0.1) is 11.3 Å². The fourth-order valence-corrected chi connectivity index (χ4v) is 3.18. The number of sulfone groups is 1. The molecule has 0 saturated heterocycles. The molecule has 0 fully saturated rings. The number of benzene rings is 2. The maximum Gasteiger partial charge on any atom is 0.338 e. The molecule has 0 heterocycles. The summed E-state index contributed by atoms with van der Waals surface area (Å²) in [7, 11) is -3.54. The number of nitrogens with zero attached hydrogens (tertiary/aromatic N) is 1. The lowest BCUT2D eigenvalue weighted by Crippen LogP contribution is -2.07. The highest BCUT2D eigenvalue weighted by Gasteiger charge is 2.16. The highest BCUT2D eigenvalue weighted by molar-refractivity contribution is 7.90. The number of rotatable bonds is 4. The van der Waals surface area contributed by atoms with Gasteiger partial charge in [-0.2, -0.15) is 5.26 Å². The maximum absolute atomic E-state index is 12.0. The van der Waals surface area contributed by atoms with Crippen molar-refractivity contribution in [1.82, 2.24) is 0 Å². The van der Waals surface area contributed by atoms with Crippen LogP contribution in [0.15, 0.2) is 47.4 Å². The number of hydrogen-bond acceptors (Lipinski definition) is 5. The normalized spacial score (nSPS) is 10.8. The van der Waals surface area contributed by atoms with Gasteiger partial charge in [-0.15, -0.1) is 0 Å². The van der Waals surface area contributed by atoms with Gasteiger partial charge in [-0.3, -0.25) is 0 Å². The Morgan fingerprint density at radius 1 is 1.26 bits per heavy atom. The molecule has 0 spiro atoms. The molecule has 5 nitrogen and oxygen atoms in total. The fraction of sp³-hybridized carbons (Fsp3) is 0.125. The van der Waals surface area contributed by atoms with Gasteiger partial charge < -0.3 is 4.74 Å². The van der Waals surface area contributed by atoms with Gasteiger partial charge in [0.2, 0.25) is 0 Å². The smallest absolute Gasteiger partial charge is 0.338 e. The SMILES string of the molecule is CS(=O)(=O)c1cc(C(=O)OCc2cccc(C#N)c2)ccc1Cl. The molecule has 0 unspecified atom stereocenters. The van der Waals surface area contributed by atoms with E-state index in [2.05, 4.69) is 0 Å². The Morgan fingerprint density at radius 2 is 2.00 bits per heavy atom. The number of esters is 1. The average molecular weight is 350 g/mol. The number of nitriles is 1. The maximum atomic E-state index is 12.0. The van der Waals surface area contributed by atoms with Gasteiger partial charge >= 0.3 is 5.97 Å². The Bertz CT molecular complexity index is 901. The molecule has 0 amide bonds. The summed E-state index contributed by atoms with van der Waals surface area (Å²) in [5, 5.41) is 8.87. The van der Waals surface area contributed by atoms with E-state index >= 15 is 0 Å². The summed E-state index contributed by atoms with van der Waals surface area (Å²) in [5.41, 5.74) is 1.21. The minimum atomic E-state index is -3.54. The van der Waals surface area contributed by atoms with Crippen molar-refractivity contribution < 1.29 is 17.9 Å². The summed E-state index contributed by atoms with van der Waals surface area (Å²) in [4.78, 5) is 11.9. The third-order valence-electron chi connectivity index (χ3n) is 2.99. The minimum absolute atomic E-state index is 0.0226. The Morgan fingerprint density at radius 3 is 2.65 bits per heavy atom. The number of halogens is 1. The van der Waals surface area contributed by atoms with Crippen molar-refractivity contribution in [2.45, 2.75) is 11.5 Å². The second kappa shape index (κ2) is 6.82. The zero-order chi connectivity index (χ0) is 17.0. The number of ether oxygens (including phenoxy) is 1.